The lowest BCUT2D eigenvalue weighted by atomic mass is 9.63. The van der Waals surface area contributed by atoms with Gasteiger partial charge in [-0.2, -0.15) is 0 Å². The molecule has 0 spiro atoms. The molecule has 4 heterocycles. The van der Waals surface area contributed by atoms with Crippen molar-refractivity contribution >= 4 is 0 Å². The van der Waals surface area contributed by atoms with E-state index in [9.17, 15) is 20.4 Å². The van der Waals surface area contributed by atoms with Crippen LogP contribution in [0.4, 0.5) is 0 Å². The molecule has 8 heteroatoms. The number of fused-ring (bicyclic) bond motifs is 4. The maximum Gasteiger partial charge on any atom is 0.121 e. The van der Waals surface area contributed by atoms with Gasteiger partial charge in [0.05, 0.1) is 36.1 Å². The second-order valence-electron chi connectivity index (χ2n) is 30.8. The maximum absolute atomic E-state index is 10.4. The smallest absolute Gasteiger partial charge is 0.121 e. The summed E-state index contributed by atoms with van der Waals surface area (Å²) in [6, 6.07) is 0. The van der Waals surface area contributed by atoms with Crippen LogP contribution in [0.25, 0.3) is 0 Å². The highest BCUT2D eigenvalue weighted by atomic mass is 16.6. The van der Waals surface area contributed by atoms with E-state index in [1.54, 1.807) is 0 Å². The normalized spacial score (nSPS) is 38.5. The first-order valence-electron chi connectivity index (χ1n) is 32.6. The summed E-state index contributed by atoms with van der Waals surface area (Å²) in [5.74, 6) is 0. The summed E-state index contributed by atoms with van der Waals surface area (Å²) < 4.78 is 25.2. The van der Waals surface area contributed by atoms with Gasteiger partial charge < -0.3 is 39.4 Å². The molecule has 0 bridgehead atoms. The first-order chi connectivity index (χ1) is 40.8. The minimum absolute atomic E-state index is 0.0500. The van der Waals surface area contributed by atoms with Gasteiger partial charge in [-0.1, -0.05) is 234 Å². The van der Waals surface area contributed by atoms with Crippen LogP contribution in [-0.2, 0) is 18.9 Å². The number of epoxide rings is 3. The van der Waals surface area contributed by atoms with Crippen LogP contribution in [0.3, 0.4) is 0 Å². The molecule has 4 saturated carbocycles. The molecule has 0 aromatic heterocycles. The number of ether oxygens (including phenoxy) is 4. The van der Waals surface area contributed by atoms with Gasteiger partial charge in [-0.05, 0) is 150 Å². The third kappa shape index (κ3) is 15.7. The van der Waals surface area contributed by atoms with E-state index >= 15 is 0 Å². The van der Waals surface area contributed by atoms with Crippen LogP contribution in [0.2, 0.25) is 0 Å². The van der Waals surface area contributed by atoms with Crippen LogP contribution in [0, 0.1) is 21.7 Å². The highest BCUT2D eigenvalue weighted by molar-refractivity contribution is 5.42. The van der Waals surface area contributed by atoms with Gasteiger partial charge in [0.1, 0.15) is 33.6 Å². The average molecular weight is 1200 g/mol. The molecule has 3 saturated heterocycles. The van der Waals surface area contributed by atoms with Gasteiger partial charge in [-0.15, -0.1) is 0 Å². The SMILES string of the molecule is CC(/C=C/C=C(C)/C=C/C12OC1(C)CC(O)CC2(C)C)=C\C=C\C=C(C)\C=C\C=C(/C)C1C=C2C(C)(C)CC(O)CC2(C)O1.CC(/C=C/C=C(C)/C=C/[C@@]12O[C@]1(C)C[C@@H](O)CC2(C)C)=C\C=C\C=C(C)\C=C\C=C(C)\C=C\[C@@]12O[C@]1(C)C[C@@H](O)CC2(C)C. The zero-order valence-electron chi connectivity index (χ0n) is 57.6. The van der Waals surface area contributed by atoms with E-state index in [0.29, 0.717) is 25.7 Å². The molecule has 0 radical (unpaired) electrons. The van der Waals surface area contributed by atoms with Gasteiger partial charge in [0.15, 0.2) is 0 Å². The monoisotopic (exact) mass is 1200 g/mol. The lowest BCUT2D eigenvalue weighted by molar-refractivity contribution is -0.0683. The number of hydrogen-bond acceptors (Lipinski definition) is 8. The van der Waals surface area contributed by atoms with Crippen molar-refractivity contribution in [3.8, 4) is 0 Å². The van der Waals surface area contributed by atoms with E-state index in [-0.39, 0.29) is 91.4 Å². The van der Waals surface area contributed by atoms with Crippen LogP contribution in [0.5, 0.6) is 0 Å². The summed E-state index contributed by atoms with van der Waals surface area (Å²) >= 11 is 0. The Labute approximate surface area is 532 Å². The number of rotatable bonds is 19. The Hall–Kier alpha value is -5.00. The molecule has 7 fully saturated rings. The second kappa shape index (κ2) is 26.7. The molecule has 4 aliphatic heterocycles. The number of aliphatic hydroxyl groups is 4. The molecule has 8 nitrogen and oxygen atoms in total. The van der Waals surface area contributed by atoms with Crippen molar-refractivity contribution in [2.24, 2.45) is 21.7 Å². The van der Waals surface area contributed by atoms with Gasteiger partial charge in [-0.3, -0.25) is 0 Å². The maximum atomic E-state index is 10.4. The number of hydrogen-bond donors (Lipinski definition) is 4. The van der Waals surface area contributed by atoms with Crippen molar-refractivity contribution in [1.82, 2.24) is 0 Å². The number of allylic oxidation sites excluding steroid dienone is 30. The van der Waals surface area contributed by atoms with E-state index in [2.05, 4.69) is 303 Å². The third-order valence-electron chi connectivity index (χ3n) is 20.6. The molecular formula is C80H112O8. The Bertz CT molecular complexity index is 3070. The summed E-state index contributed by atoms with van der Waals surface area (Å²) in [4.78, 5) is 0. The van der Waals surface area contributed by atoms with Crippen LogP contribution in [0.15, 0.2) is 214 Å². The van der Waals surface area contributed by atoms with Crippen molar-refractivity contribution in [2.75, 3.05) is 0 Å². The second-order valence-corrected chi connectivity index (χ2v) is 30.8. The molecule has 0 amide bonds. The highest BCUT2D eigenvalue weighted by Gasteiger charge is 2.76. The van der Waals surface area contributed by atoms with Crippen LogP contribution in [-0.4, -0.2) is 90.2 Å². The van der Waals surface area contributed by atoms with Gasteiger partial charge in [0.25, 0.3) is 0 Å². The zero-order chi connectivity index (χ0) is 65.2. The molecule has 12 atom stereocenters. The van der Waals surface area contributed by atoms with Crippen molar-refractivity contribution in [1.29, 1.82) is 0 Å². The standard InChI is InChI=1S/2C40H56O4/c1-29(17-13-19-31(3)21-23-39-35(5,6)25-33(41)27-37(39,9)43-39)15-11-12-16-30(2)18-14-20-32(4)22-24-40-36(7,8)26-34(42)28-38(40,10)44-40;1-28(17-13-18-30(3)21-22-40-37(7,8)25-33(42)27-39(40,10)44-40)15-11-12-16-29(2)19-14-20-31(4)34-23-35-36(5,6)24-32(41)26-38(35,9)43-34/h11-24,33-34,41-42H,25-28H2,1-10H3;11-23,32-34,41-42H,24-27H2,1-10H3/b12-11+,17-13+,18-14+,23-21+,24-22+,29-15+,30-16+,31-19+,32-20+;12-11+,17-13+,19-14+,22-21+,28-15+,29-16+,30-18+,31-20+/t33-,34-,37+,38+,39-,40-;/m0./s1. The Morgan fingerprint density at radius 2 is 0.625 bits per heavy atom. The molecule has 0 aromatic rings. The Kier molecular flexibility index (Phi) is 21.4. The van der Waals surface area contributed by atoms with Crippen molar-refractivity contribution < 1.29 is 39.4 Å². The molecule has 0 aromatic carbocycles. The Balaban J connectivity index is 0.000000251. The predicted molar refractivity (Wildman–Crippen MR) is 366 cm³/mol. The first kappa shape index (κ1) is 70.5. The summed E-state index contributed by atoms with van der Waals surface area (Å²) in [6.45, 7) is 42.9. The van der Waals surface area contributed by atoms with Gasteiger partial charge >= 0.3 is 0 Å². The van der Waals surface area contributed by atoms with Gasteiger partial charge in [0.2, 0.25) is 0 Å². The fourth-order valence-electron chi connectivity index (χ4n) is 15.9. The highest BCUT2D eigenvalue weighted by Crippen LogP contribution is 2.68. The summed E-state index contributed by atoms with van der Waals surface area (Å²) in [6.07, 6.45) is 61.9. The predicted octanol–water partition coefficient (Wildman–Crippen LogP) is 17.9. The molecule has 8 rings (SSSR count). The van der Waals surface area contributed by atoms with Crippen LogP contribution >= 0.6 is 0 Å². The fourth-order valence-corrected chi connectivity index (χ4v) is 15.9. The molecular weight excluding hydrogens is 1090 g/mol. The Morgan fingerprint density at radius 3 is 0.932 bits per heavy atom. The Morgan fingerprint density at radius 1 is 0.352 bits per heavy atom. The fraction of sp³-hybridized carbons (Fsp3) is 0.550. The molecule has 8 aliphatic rings. The van der Waals surface area contributed by atoms with Crippen molar-refractivity contribution in [2.45, 2.75) is 260 Å². The summed E-state index contributed by atoms with van der Waals surface area (Å²) in [7, 11) is 0. The minimum atomic E-state index is -0.385. The van der Waals surface area contributed by atoms with Crippen molar-refractivity contribution in [3.05, 3.63) is 214 Å². The lowest BCUT2D eigenvalue weighted by Crippen LogP contribution is -2.46. The van der Waals surface area contributed by atoms with E-state index in [1.807, 2.05) is 0 Å². The van der Waals surface area contributed by atoms with E-state index in [1.165, 1.54) is 50.2 Å². The molecule has 480 valence electrons. The van der Waals surface area contributed by atoms with Crippen LogP contribution in [0.1, 0.15) is 190 Å². The minimum Gasteiger partial charge on any atom is -0.393 e. The first-order valence-corrected chi connectivity index (χ1v) is 32.6. The number of aliphatic hydroxyl groups excluding tert-OH is 4. The van der Waals surface area contributed by atoms with E-state index in [0.717, 1.165) is 25.7 Å². The van der Waals surface area contributed by atoms with Gasteiger partial charge in [0, 0.05) is 41.9 Å². The zero-order valence-corrected chi connectivity index (χ0v) is 57.6. The summed E-state index contributed by atoms with van der Waals surface area (Å²) in [5, 5.41) is 41.2. The molecule has 6 unspecified atom stereocenters. The molecule has 4 N–H and O–H groups in total. The molecule has 4 aliphatic carbocycles. The molecule has 88 heavy (non-hydrogen) atoms. The van der Waals surface area contributed by atoms with Crippen LogP contribution < -0.4 is 0 Å². The van der Waals surface area contributed by atoms with Crippen molar-refractivity contribution in [3.63, 3.8) is 0 Å². The van der Waals surface area contributed by atoms with Gasteiger partial charge in [-0.25, -0.2) is 0 Å². The third-order valence-corrected chi connectivity index (χ3v) is 20.6. The summed E-state index contributed by atoms with van der Waals surface area (Å²) in [5.41, 5.74) is 8.25. The topological polar surface area (TPSA) is 128 Å². The lowest BCUT2D eigenvalue weighted by Gasteiger charge is -2.44. The van der Waals surface area contributed by atoms with E-state index in [4.69, 9.17) is 18.9 Å². The average Bonchev–Trinajstić information content (AvgIpc) is 1.56. The quantitative estimate of drug-likeness (QED) is 0.0572. The largest absolute Gasteiger partial charge is 0.393 e. The van der Waals surface area contributed by atoms with E-state index < -0.39 is 0 Å².